The van der Waals surface area contributed by atoms with E-state index < -0.39 is 0 Å². The molecule has 0 saturated heterocycles. The Bertz CT molecular complexity index is 696. The van der Waals surface area contributed by atoms with Crippen LogP contribution in [0, 0.1) is 0 Å². The Morgan fingerprint density at radius 3 is 2.63 bits per heavy atom. The number of nitrogens with zero attached hydrogens (tertiary/aromatic N) is 2. The summed E-state index contributed by atoms with van der Waals surface area (Å²) in [5.41, 5.74) is 0.904. The normalized spacial score (nSPS) is 10.4. The fourth-order valence-electron chi connectivity index (χ4n) is 1.79. The van der Waals surface area contributed by atoms with Gasteiger partial charge in [-0.1, -0.05) is 6.07 Å². The first-order valence-electron chi connectivity index (χ1n) is 5.88. The minimum absolute atomic E-state index is 0.563. The van der Waals surface area contributed by atoms with Crippen molar-refractivity contribution in [3.8, 4) is 17.4 Å². The van der Waals surface area contributed by atoms with Crippen LogP contribution in [0.25, 0.3) is 10.9 Å². The molecule has 0 N–H and O–H groups in total. The summed E-state index contributed by atoms with van der Waals surface area (Å²) in [6.45, 7) is 0. The summed E-state index contributed by atoms with van der Waals surface area (Å²) in [5.74, 6) is 1.96. The Morgan fingerprint density at radius 2 is 1.84 bits per heavy atom. The van der Waals surface area contributed by atoms with E-state index in [-0.39, 0.29) is 0 Å². The van der Waals surface area contributed by atoms with Crippen molar-refractivity contribution in [2.75, 3.05) is 7.11 Å². The van der Waals surface area contributed by atoms with Crippen LogP contribution < -0.4 is 9.47 Å². The zero-order valence-electron chi connectivity index (χ0n) is 10.4. The van der Waals surface area contributed by atoms with E-state index in [4.69, 9.17) is 9.47 Å². The monoisotopic (exact) mass is 252 g/mol. The molecule has 0 atom stereocenters. The molecule has 0 aliphatic carbocycles. The molecule has 0 spiro atoms. The van der Waals surface area contributed by atoms with Crippen LogP contribution in [0.2, 0.25) is 0 Å². The summed E-state index contributed by atoms with van der Waals surface area (Å²) in [4.78, 5) is 8.39. The second kappa shape index (κ2) is 4.94. The molecular formula is C15H12N2O2. The minimum Gasteiger partial charge on any atom is -0.481 e. The number of benzene rings is 1. The van der Waals surface area contributed by atoms with Crippen LogP contribution in [0.15, 0.2) is 54.9 Å². The van der Waals surface area contributed by atoms with Crippen molar-refractivity contribution in [1.82, 2.24) is 9.97 Å². The van der Waals surface area contributed by atoms with E-state index in [0.717, 1.165) is 16.7 Å². The van der Waals surface area contributed by atoms with Crippen molar-refractivity contribution in [2.24, 2.45) is 0 Å². The van der Waals surface area contributed by atoms with Crippen LogP contribution in [0.4, 0.5) is 0 Å². The molecule has 0 bridgehead atoms. The fraction of sp³-hybridized carbons (Fsp3) is 0.0667. The standard InChI is InChI=1S/C15H12N2O2/c1-18-15-7-6-13(10-17-15)19-12-5-4-11-3-2-8-16-14(11)9-12/h2-10H,1H3. The number of aromatic nitrogens is 2. The van der Waals surface area contributed by atoms with E-state index >= 15 is 0 Å². The summed E-state index contributed by atoms with van der Waals surface area (Å²) in [7, 11) is 1.58. The molecule has 0 saturated carbocycles. The third-order valence-electron chi connectivity index (χ3n) is 2.73. The smallest absolute Gasteiger partial charge is 0.213 e. The van der Waals surface area contributed by atoms with Gasteiger partial charge in [0.2, 0.25) is 5.88 Å². The Kier molecular flexibility index (Phi) is 2.98. The number of fused-ring (bicyclic) bond motifs is 1. The lowest BCUT2D eigenvalue weighted by Gasteiger charge is -2.06. The first-order chi connectivity index (χ1) is 9.35. The Hall–Kier alpha value is -2.62. The van der Waals surface area contributed by atoms with Gasteiger partial charge in [0, 0.05) is 23.7 Å². The number of ether oxygens (including phenoxy) is 2. The van der Waals surface area contributed by atoms with Gasteiger partial charge in [0.25, 0.3) is 0 Å². The first-order valence-corrected chi connectivity index (χ1v) is 5.88. The number of hydrogen-bond acceptors (Lipinski definition) is 4. The van der Waals surface area contributed by atoms with Gasteiger partial charge in [0.15, 0.2) is 0 Å². The second-order valence-electron chi connectivity index (χ2n) is 4.00. The molecule has 2 heterocycles. The predicted molar refractivity (Wildman–Crippen MR) is 72.6 cm³/mol. The van der Waals surface area contributed by atoms with Crippen molar-refractivity contribution in [3.63, 3.8) is 0 Å². The summed E-state index contributed by atoms with van der Waals surface area (Å²) in [6.07, 6.45) is 3.39. The molecule has 3 rings (SSSR count). The fourth-order valence-corrected chi connectivity index (χ4v) is 1.79. The molecule has 3 aromatic rings. The third kappa shape index (κ3) is 2.47. The van der Waals surface area contributed by atoms with Gasteiger partial charge >= 0.3 is 0 Å². The van der Waals surface area contributed by atoms with Gasteiger partial charge in [0.1, 0.15) is 11.5 Å². The van der Waals surface area contributed by atoms with Crippen molar-refractivity contribution >= 4 is 10.9 Å². The molecular weight excluding hydrogens is 240 g/mol. The summed E-state index contributed by atoms with van der Waals surface area (Å²) >= 11 is 0. The number of methoxy groups -OCH3 is 1. The van der Waals surface area contributed by atoms with E-state index in [2.05, 4.69) is 9.97 Å². The van der Waals surface area contributed by atoms with Crippen molar-refractivity contribution in [1.29, 1.82) is 0 Å². The van der Waals surface area contributed by atoms with Crippen molar-refractivity contribution in [2.45, 2.75) is 0 Å². The summed E-state index contributed by atoms with van der Waals surface area (Å²) in [6, 6.07) is 13.3. The lowest BCUT2D eigenvalue weighted by Crippen LogP contribution is -1.89. The average molecular weight is 252 g/mol. The first kappa shape index (κ1) is 11.5. The second-order valence-corrected chi connectivity index (χ2v) is 4.00. The predicted octanol–water partition coefficient (Wildman–Crippen LogP) is 3.43. The SMILES string of the molecule is COc1ccc(Oc2ccc3cccnc3c2)cn1. The number of rotatable bonds is 3. The van der Waals surface area contributed by atoms with E-state index in [1.165, 1.54) is 0 Å². The Balaban J connectivity index is 1.87. The van der Waals surface area contributed by atoms with Crippen LogP contribution in [0.5, 0.6) is 17.4 Å². The highest BCUT2D eigenvalue weighted by atomic mass is 16.5. The van der Waals surface area contributed by atoms with Gasteiger partial charge in [-0.3, -0.25) is 4.98 Å². The lowest BCUT2D eigenvalue weighted by molar-refractivity contribution is 0.395. The molecule has 0 amide bonds. The van der Waals surface area contributed by atoms with Crippen LogP contribution in [-0.2, 0) is 0 Å². The zero-order valence-corrected chi connectivity index (χ0v) is 10.4. The molecule has 94 valence electrons. The van der Waals surface area contributed by atoms with E-state index in [1.54, 1.807) is 25.6 Å². The van der Waals surface area contributed by atoms with E-state index in [0.29, 0.717) is 11.6 Å². The molecule has 19 heavy (non-hydrogen) atoms. The maximum Gasteiger partial charge on any atom is 0.213 e. The maximum absolute atomic E-state index is 5.73. The number of hydrogen-bond donors (Lipinski definition) is 0. The highest BCUT2D eigenvalue weighted by molar-refractivity contribution is 5.79. The molecule has 1 aromatic carbocycles. The summed E-state index contributed by atoms with van der Waals surface area (Å²) in [5, 5.41) is 1.09. The van der Waals surface area contributed by atoms with Gasteiger partial charge in [-0.05, 0) is 24.3 Å². The van der Waals surface area contributed by atoms with Gasteiger partial charge in [-0.25, -0.2) is 4.98 Å². The molecule has 0 aliphatic rings. The highest BCUT2D eigenvalue weighted by Gasteiger charge is 2.01. The molecule has 0 fully saturated rings. The Labute approximate surface area is 110 Å². The quantitative estimate of drug-likeness (QED) is 0.716. The zero-order chi connectivity index (χ0) is 13.1. The van der Waals surface area contributed by atoms with Crippen LogP contribution in [-0.4, -0.2) is 17.1 Å². The van der Waals surface area contributed by atoms with Gasteiger partial charge in [-0.15, -0.1) is 0 Å². The molecule has 0 unspecified atom stereocenters. The molecule has 2 aromatic heterocycles. The lowest BCUT2D eigenvalue weighted by atomic mass is 10.2. The topological polar surface area (TPSA) is 44.2 Å². The van der Waals surface area contributed by atoms with E-state index in [1.807, 2.05) is 36.4 Å². The molecule has 4 nitrogen and oxygen atoms in total. The molecule has 4 heteroatoms. The Morgan fingerprint density at radius 1 is 0.947 bits per heavy atom. The van der Waals surface area contributed by atoms with Crippen LogP contribution >= 0.6 is 0 Å². The molecule has 0 aliphatic heterocycles. The van der Waals surface area contributed by atoms with Gasteiger partial charge in [-0.2, -0.15) is 0 Å². The average Bonchev–Trinajstić information content (AvgIpc) is 2.48. The summed E-state index contributed by atoms with van der Waals surface area (Å²) < 4.78 is 10.7. The largest absolute Gasteiger partial charge is 0.481 e. The highest BCUT2D eigenvalue weighted by Crippen LogP contribution is 2.24. The minimum atomic E-state index is 0.563. The van der Waals surface area contributed by atoms with E-state index in [9.17, 15) is 0 Å². The van der Waals surface area contributed by atoms with Gasteiger partial charge in [0.05, 0.1) is 18.8 Å². The van der Waals surface area contributed by atoms with Crippen LogP contribution in [0.1, 0.15) is 0 Å². The maximum atomic E-state index is 5.73. The number of pyridine rings is 2. The molecule has 0 radical (unpaired) electrons. The van der Waals surface area contributed by atoms with Crippen LogP contribution in [0.3, 0.4) is 0 Å². The third-order valence-corrected chi connectivity index (χ3v) is 2.73. The van der Waals surface area contributed by atoms with Crippen molar-refractivity contribution in [3.05, 3.63) is 54.9 Å². The van der Waals surface area contributed by atoms with Crippen molar-refractivity contribution < 1.29 is 9.47 Å². The van der Waals surface area contributed by atoms with Gasteiger partial charge < -0.3 is 9.47 Å².